The summed E-state index contributed by atoms with van der Waals surface area (Å²) >= 11 is 47.6. The van der Waals surface area contributed by atoms with Crippen LogP contribution in [0.1, 0.15) is 26.2 Å². The fraction of sp³-hybridized carbons (Fsp3) is 0.818. The molecule has 0 atom stereocenters. The van der Waals surface area contributed by atoms with Gasteiger partial charge in [-0.05, 0) is 6.42 Å². The fourth-order valence-electron chi connectivity index (χ4n) is 0.348. The molecule has 0 aromatic rings. The molecular weight excluding hydrogens is 487 g/mol. The minimum absolute atomic E-state index is 0.194. The molecule has 10 heteroatoms. The maximum Gasteiger partial charge on any atom is 0.0967 e. The van der Waals surface area contributed by atoms with E-state index in [1.54, 1.807) is 0 Å². The summed E-state index contributed by atoms with van der Waals surface area (Å²) in [4.78, 5) is 0. The first-order valence-electron chi connectivity index (χ1n) is 5.20. The molecule has 136 valence electrons. The van der Waals surface area contributed by atoms with Crippen LogP contribution in [0.5, 0.6) is 0 Å². The first-order chi connectivity index (χ1) is 9.99. The molecule has 0 rings (SSSR count). The van der Waals surface area contributed by atoms with Gasteiger partial charge >= 0.3 is 0 Å². The Hall–Kier alpha value is 2.64. The summed E-state index contributed by atoms with van der Waals surface area (Å²) in [5.41, 5.74) is 0. The van der Waals surface area contributed by atoms with E-state index in [0.717, 1.165) is 0 Å². The Labute approximate surface area is 180 Å². The van der Waals surface area contributed by atoms with Crippen molar-refractivity contribution in [2.24, 2.45) is 0 Å². The van der Waals surface area contributed by atoms with Crippen LogP contribution in [-0.4, -0.2) is 26.7 Å². The first kappa shape index (κ1) is 38.9. The lowest BCUT2D eigenvalue weighted by molar-refractivity contribution is 0.816. The molecule has 0 radical (unpaired) electrons. The van der Waals surface area contributed by atoms with Gasteiger partial charge in [0, 0.05) is 0 Å². The van der Waals surface area contributed by atoms with E-state index >= 15 is 0 Å². The van der Waals surface area contributed by atoms with Gasteiger partial charge in [-0.2, -0.15) is 0 Å². The van der Waals surface area contributed by atoms with Gasteiger partial charge in [-0.15, -0.1) is 123 Å². The van der Waals surface area contributed by atoms with Gasteiger partial charge < -0.3 is 0 Å². The van der Waals surface area contributed by atoms with E-state index in [-0.39, 0.29) is 26.7 Å². The van der Waals surface area contributed by atoms with Crippen molar-refractivity contribution in [2.75, 3.05) is 26.7 Å². The maximum atomic E-state index is 4.76. The number of hydrogen-bond donors (Lipinski definition) is 0. The summed E-state index contributed by atoms with van der Waals surface area (Å²) in [6.07, 6.45) is 5.72. The van der Waals surface area contributed by atoms with Gasteiger partial charge in [-0.3, -0.25) is 0 Å². The summed E-state index contributed by atoms with van der Waals surface area (Å²) in [7, 11) is 0. The number of rotatable bonds is 3. The quantitative estimate of drug-likeness (QED) is 0.202. The van der Waals surface area contributed by atoms with Crippen molar-refractivity contribution < 1.29 is 0 Å². The minimum atomic E-state index is 0.194. The smallest absolute Gasteiger partial charge is 0.0967 e. The molecular formula is C11H22Cl10. The van der Waals surface area contributed by atoms with Gasteiger partial charge in [0.2, 0.25) is 0 Å². The van der Waals surface area contributed by atoms with Gasteiger partial charge in [-0.1, -0.05) is 25.8 Å². The van der Waals surface area contributed by atoms with Crippen molar-refractivity contribution in [3.05, 3.63) is 12.7 Å². The van der Waals surface area contributed by atoms with E-state index in [9.17, 15) is 0 Å². The maximum absolute atomic E-state index is 4.76. The van der Waals surface area contributed by atoms with Gasteiger partial charge in [0.1, 0.15) is 0 Å². The molecule has 0 fully saturated rings. The van der Waals surface area contributed by atoms with Crippen molar-refractivity contribution >= 4 is 116 Å². The Morgan fingerprint density at radius 2 is 0.810 bits per heavy atom. The lowest BCUT2D eigenvalue weighted by Crippen LogP contribution is -1.61. The van der Waals surface area contributed by atoms with Crippen molar-refractivity contribution in [1.29, 1.82) is 0 Å². The Kier molecular flexibility index (Phi) is 145. The van der Waals surface area contributed by atoms with E-state index in [2.05, 4.69) is 13.5 Å². The fourth-order valence-corrected chi connectivity index (χ4v) is 0.348. The molecule has 0 spiro atoms. The molecule has 0 heterocycles. The lowest BCUT2D eigenvalue weighted by Gasteiger charge is -1.81. The van der Waals surface area contributed by atoms with E-state index < -0.39 is 0 Å². The minimum Gasteiger partial charge on any atom is -0.109 e. The highest BCUT2D eigenvalue weighted by molar-refractivity contribution is 6.41. The highest BCUT2D eigenvalue weighted by Gasteiger charge is 1.71. The molecule has 0 aliphatic carbocycles. The standard InChI is InChI=1S/C6H12.5CH2Cl2/c1-3-5-6-4-2;5*2-1-3/h3H,1,4-6H2,2H3;5*1H2. The molecule has 0 aromatic carbocycles. The van der Waals surface area contributed by atoms with Crippen LogP contribution in [0.15, 0.2) is 12.7 Å². The average molecular weight is 509 g/mol. The molecule has 0 aliphatic rings. The number of unbranched alkanes of at least 4 members (excludes halogenated alkanes) is 2. The van der Waals surface area contributed by atoms with Gasteiger partial charge in [0.25, 0.3) is 0 Å². The first-order valence-corrected chi connectivity index (χ1v) is 10.5. The van der Waals surface area contributed by atoms with Crippen molar-refractivity contribution in [1.82, 2.24) is 0 Å². The third-order valence-electron chi connectivity index (χ3n) is 0.762. The van der Waals surface area contributed by atoms with Gasteiger partial charge in [0.05, 0.1) is 26.7 Å². The second kappa shape index (κ2) is 78.3. The summed E-state index contributed by atoms with van der Waals surface area (Å²) < 4.78 is 0. The molecule has 0 saturated carbocycles. The number of halogens is 10. The zero-order valence-corrected chi connectivity index (χ0v) is 19.3. The monoisotopic (exact) mass is 504 g/mol. The zero-order chi connectivity index (χ0) is 18.4. The van der Waals surface area contributed by atoms with Crippen LogP contribution in [0.2, 0.25) is 0 Å². The number of alkyl halides is 10. The molecule has 0 nitrogen and oxygen atoms in total. The average Bonchev–Trinajstić information content (AvgIpc) is 2.41. The molecule has 0 bridgehead atoms. The zero-order valence-electron chi connectivity index (χ0n) is 11.7. The number of allylic oxidation sites excluding steroid dienone is 1. The van der Waals surface area contributed by atoms with E-state index in [1.807, 2.05) is 6.08 Å². The molecule has 21 heavy (non-hydrogen) atoms. The van der Waals surface area contributed by atoms with Crippen LogP contribution >= 0.6 is 116 Å². The van der Waals surface area contributed by atoms with Crippen LogP contribution < -0.4 is 0 Å². The second-order valence-corrected chi connectivity index (χ2v) is 5.98. The highest BCUT2D eigenvalue weighted by atomic mass is 35.5. The van der Waals surface area contributed by atoms with Crippen molar-refractivity contribution in [3.63, 3.8) is 0 Å². The van der Waals surface area contributed by atoms with E-state index in [0.29, 0.717) is 0 Å². The van der Waals surface area contributed by atoms with Crippen LogP contribution in [0, 0.1) is 0 Å². The highest BCUT2D eigenvalue weighted by Crippen LogP contribution is 1.91. The third-order valence-corrected chi connectivity index (χ3v) is 0.762. The molecule has 0 amide bonds. The predicted molar refractivity (Wildman–Crippen MR) is 113 cm³/mol. The molecule has 0 unspecified atom stereocenters. The van der Waals surface area contributed by atoms with Gasteiger partial charge in [0.15, 0.2) is 0 Å². The molecule has 0 aliphatic heterocycles. The summed E-state index contributed by atoms with van der Waals surface area (Å²) in [6, 6.07) is 0. The van der Waals surface area contributed by atoms with E-state index in [4.69, 9.17) is 116 Å². The van der Waals surface area contributed by atoms with Crippen LogP contribution in [0.25, 0.3) is 0 Å². The SMILES string of the molecule is C=CCCCC.ClCCl.ClCCl.ClCCl.ClCCl.ClCCl. The Morgan fingerprint density at radius 3 is 0.857 bits per heavy atom. The van der Waals surface area contributed by atoms with Crippen molar-refractivity contribution in [2.45, 2.75) is 26.2 Å². The Bertz CT molecular complexity index is 83.5. The van der Waals surface area contributed by atoms with Crippen LogP contribution in [0.3, 0.4) is 0 Å². The molecule has 0 saturated heterocycles. The van der Waals surface area contributed by atoms with Crippen molar-refractivity contribution in [3.8, 4) is 0 Å². The largest absolute Gasteiger partial charge is 0.109 e. The summed E-state index contributed by atoms with van der Waals surface area (Å²) in [6.45, 7) is 5.78. The van der Waals surface area contributed by atoms with Gasteiger partial charge in [-0.25, -0.2) is 0 Å². The normalized spacial score (nSPS) is 6.62. The summed E-state index contributed by atoms with van der Waals surface area (Å²) in [5, 5.41) is 0.972. The Morgan fingerprint density at radius 1 is 0.619 bits per heavy atom. The second-order valence-electron chi connectivity index (χ2n) is 1.94. The van der Waals surface area contributed by atoms with E-state index in [1.165, 1.54) is 19.3 Å². The third kappa shape index (κ3) is 303. The number of hydrogen-bond acceptors (Lipinski definition) is 0. The topological polar surface area (TPSA) is 0 Å². The van der Waals surface area contributed by atoms with Crippen LogP contribution in [0.4, 0.5) is 0 Å². The van der Waals surface area contributed by atoms with Crippen LogP contribution in [-0.2, 0) is 0 Å². The molecule has 0 N–H and O–H groups in total. The summed E-state index contributed by atoms with van der Waals surface area (Å²) in [5.74, 6) is 0. The predicted octanol–water partition coefficient (Wildman–Crippen LogP) is 9.47. The Balaban J connectivity index is -0.0000000333. The molecule has 0 aromatic heterocycles. The lowest BCUT2D eigenvalue weighted by atomic mass is 10.3.